The highest BCUT2D eigenvalue weighted by molar-refractivity contribution is 5.06. The van der Waals surface area contributed by atoms with Gasteiger partial charge in [-0.2, -0.15) is 13.2 Å². The molecule has 0 unspecified atom stereocenters. The summed E-state index contributed by atoms with van der Waals surface area (Å²) in [6.45, 7) is 0.216. The van der Waals surface area contributed by atoms with E-state index in [2.05, 4.69) is 0 Å². The van der Waals surface area contributed by atoms with Gasteiger partial charge in [0.1, 0.15) is 0 Å². The molecule has 0 aliphatic rings. The van der Waals surface area contributed by atoms with Crippen LogP contribution in [0.2, 0.25) is 0 Å². The quantitative estimate of drug-likeness (QED) is 0.779. The predicted octanol–water partition coefficient (Wildman–Crippen LogP) is 1.90. The van der Waals surface area contributed by atoms with E-state index in [0.29, 0.717) is 0 Å². The molecule has 0 amide bonds. The fraction of sp³-hybridized carbons (Fsp3) is 0.500. The summed E-state index contributed by atoms with van der Waals surface area (Å²) in [5.41, 5.74) is 6.06. The average molecular weight is 192 g/mol. The maximum absolute atomic E-state index is 11.8. The van der Waals surface area contributed by atoms with Crippen molar-refractivity contribution in [3.05, 3.63) is 24.0 Å². The fourth-order valence-electron chi connectivity index (χ4n) is 1.10. The second kappa shape index (κ2) is 3.83. The first-order chi connectivity index (χ1) is 6.03. The molecule has 0 aromatic carbocycles. The van der Waals surface area contributed by atoms with Crippen LogP contribution in [0.5, 0.6) is 0 Å². The Morgan fingerprint density at radius 3 is 2.62 bits per heavy atom. The van der Waals surface area contributed by atoms with Gasteiger partial charge in [-0.1, -0.05) is 0 Å². The van der Waals surface area contributed by atoms with Crippen LogP contribution < -0.4 is 5.73 Å². The molecule has 0 fully saturated rings. The third kappa shape index (κ3) is 3.10. The van der Waals surface area contributed by atoms with E-state index in [1.54, 1.807) is 18.3 Å². The molecule has 1 aromatic rings. The Labute approximate surface area is 74.1 Å². The number of aromatic nitrogens is 1. The monoisotopic (exact) mass is 192 g/mol. The van der Waals surface area contributed by atoms with E-state index in [1.165, 1.54) is 4.57 Å². The lowest BCUT2D eigenvalue weighted by molar-refractivity contribution is -0.136. The highest BCUT2D eigenvalue weighted by atomic mass is 19.4. The van der Waals surface area contributed by atoms with Crippen LogP contribution in [-0.4, -0.2) is 10.7 Å². The van der Waals surface area contributed by atoms with Gasteiger partial charge in [0.25, 0.3) is 0 Å². The summed E-state index contributed by atoms with van der Waals surface area (Å²) in [6, 6.07) is 3.41. The number of hydrogen-bond acceptors (Lipinski definition) is 1. The SMILES string of the molecule is NCc1cccn1CCC(F)(F)F. The topological polar surface area (TPSA) is 30.9 Å². The lowest BCUT2D eigenvalue weighted by Crippen LogP contribution is -2.14. The van der Waals surface area contributed by atoms with E-state index in [1.807, 2.05) is 0 Å². The molecule has 1 rings (SSSR count). The molecule has 1 aromatic heterocycles. The molecular weight excluding hydrogens is 181 g/mol. The maximum atomic E-state index is 11.8. The van der Waals surface area contributed by atoms with Gasteiger partial charge in [0.2, 0.25) is 0 Å². The largest absolute Gasteiger partial charge is 0.390 e. The second-order valence-corrected chi connectivity index (χ2v) is 2.76. The first-order valence-electron chi connectivity index (χ1n) is 3.94. The molecule has 0 spiro atoms. The number of alkyl halides is 3. The van der Waals surface area contributed by atoms with E-state index in [0.717, 1.165) is 5.69 Å². The molecule has 0 aliphatic carbocycles. The number of nitrogens with two attached hydrogens (primary N) is 1. The molecule has 2 nitrogen and oxygen atoms in total. The van der Waals surface area contributed by atoms with Gasteiger partial charge in [-0.3, -0.25) is 0 Å². The van der Waals surface area contributed by atoms with Crippen LogP contribution in [0.3, 0.4) is 0 Å². The van der Waals surface area contributed by atoms with Gasteiger partial charge in [0.15, 0.2) is 0 Å². The number of hydrogen-bond donors (Lipinski definition) is 1. The Morgan fingerprint density at radius 1 is 1.38 bits per heavy atom. The van der Waals surface area contributed by atoms with Crippen molar-refractivity contribution in [2.24, 2.45) is 5.73 Å². The number of aryl methyl sites for hydroxylation is 1. The first kappa shape index (κ1) is 10.1. The summed E-state index contributed by atoms with van der Waals surface area (Å²) < 4.78 is 37.0. The molecule has 0 aliphatic heterocycles. The summed E-state index contributed by atoms with van der Waals surface area (Å²) in [4.78, 5) is 0. The van der Waals surface area contributed by atoms with Crippen molar-refractivity contribution < 1.29 is 13.2 Å². The molecule has 0 bridgehead atoms. The van der Waals surface area contributed by atoms with Crippen LogP contribution in [0, 0.1) is 0 Å². The summed E-state index contributed by atoms with van der Waals surface area (Å²) >= 11 is 0. The van der Waals surface area contributed by atoms with Crippen molar-refractivity contribution in [2.75, 3.05) is 0 Å². The molecule has 5 heteroatoms. The standard InChI is InChI=1S/C8H11F3N2/c9-8(10,11)3-5-13-4-1-2-7(13)6-12/h1-2,4H,3,5-6,12H2. The summed E-state index contributed by atoms with van der Waals surface area (Å²) in [6.07, 6.45) is -3.31. The molecule has 0 radical (unpaired) electrons. The molecule has 0 saturated carbocycles. The van der Waals surface area contributed by atoms with Crippen LogP contribution in [-0.2, 0) is 13.1 Å². The van der Waals surface area contributed by atoms with Crippen LogP contribution in [0.1, 0.15) is 12.1 Å². The van der Waals surface area contributed by atoms with Crippen LogP contribution in [0.15, 0.2) is 18.3 Å². The molecule has 74 valence electrons. The van der Waals surface area contributed by atoms with Gasteiger partial charge >= 0.3 is 6.18 Å². The Kier molecular flexibility index (Phi) is 2.98. The zero-order chi connectivity index (χ0) is 9.90. The van der Waals surface area contributed by atoms with E-state index < -0.39 is 12.6 Å². The lowest BCUT2D eigenvalue weighted by Gasteiger charge is -2.09. The van der Waals surface area contributed by atoms with Gasteiger partial charge in [-0.25, -0.2) is 0 Å². The van der Waals surface area contributed by atoms with Crippen molar-refractivity contribution in [1.29, 1.82) is 0 Å². The maximum Gasteiger partial charge on any atom is 0.390 e. The van der Waals surface area contributed by atoms with Crippen molar-refractivity contribution in [3.63, 3.8) is 0 Å². The van der Waals surface area contributed by atoms with Gasteiger partial charge < -0.3 is 10.3 Å². The van der Waals surface area contributed by atoms with Crippen molar-refractivity contribution in [3.8, 4) is 0 Å². The highest BCUT2D eigenvalue weighted by Gasteiger charge is 2.26. The van der Waals surface area contributed by atoms with E-state index in [-0.39, 0.29) is 13.1 Å². The molecule has 0 atom stereocenters. The summed E-state index contributed by atoms with van der Waals surface area (Å²) in [7, 11) is 0. The minimum atomic E-state index is -4.10. The molecular formula is C8H11F3N2. The Morgan fingerprint density at radius 2 is 2.08 bits per heavy atom. The van der Waals surface area contributed by atoms with E-state index >= 15 is 0 Å². The van der Waals surface area contributed by atoms with Gasteiger partial charge in [0.05, 0.1) is 6.42 Å². The number of rotatable bonds is 3. The minimum Gasteiger partial charge on any atom is -0.350 e. The zero-order valence-electron chi connectivity index (χ0n) is 7.01. The highest BCUT2D eigenvalue weighted by Crippen LogP contribution is 2.20. The Bertz CT molecular complexity index is 265. The minimum absolute atomic E-state index is 0.0525. The van der Waals surface area contributed by atoms with Crippen LogP contribution in [0.4, 0.5) is 13.2 Å². The average Bonchev–Trinajstić information content (AvgIpc) is 2.46. The second-order valence-electron chi connectivity index (χ2n) is 2.76. The Balaban J connectivity index is 2.54. The van der Waals surface area contributed by atoms with E-state index in [4.69, 9.17) is 5.73 Å². The van der Waals surface area contributed by atoms with Gasteiger partial charge in [0, 0.05) is 25.0 Å². The number of halogens is 3. The van der Waals surface area contributed by atoms with Crippen molar-refractivity contribution >= 4 is 0 Å². The van der Waals surface area contributed by atoms with Crippen molar-refractivity contribution in [2.45, 2.75) is 25.7 Å². The molecule has 13 heavy (non-hydrogen) atoms. The fourth-order valence-corrected chi connectivity index (χ4v) is 1.10. The normalized spacial score (nSPS) is 12.0. The van der Waals surface area contributed by atoms with Gasteiger partial charge in [-0.15, -0.1) is 0 Å². The third-order valence-corrected chi connectivity index (χ3v) is 1.77. The number of nitrogens with zero attached hydrogens (tertiary/aromatic N) is 1. The third-order valence-electron chi connectivity index (χ3n) is 1.77. The first-order valence-corrected chi connectivity index (χ1v) is 3.94. The van der Waals surface area contributed by atoms with Crippen LogP contribution in [0.25, 0.3) is 0 Å². The van der Waals surface area contributed by atoms with E-state index in [9.17, 15) is 13.2 Å². The Hall–Kier alpha value is -0.970. The lowest BCUT2D eigenvalue weighted by atomic mass is 10.4. The molecule has 2 N–H and O–H groups in total. The van der Waals surface area contributed by atoms with Crippen molar-refractivity contribution in [1.82, 2.24) is 4.57 Å². The molecule has 0 saturated heterocycles. The van der Waals surface area contributed by atoms with Gasteiger partial charge in [-0.05, 0) is 12.1 Å². The zero-order valence-corrected chi connectivity index (χ0v) is 7.01. The summed E-state index contributed by atoms with van der Waals surface area (Å²) in [5.74, 6) is 0. The summed E-state index contributed by atoms with van der Waals surface area (Å²) in [5, 5.41) is 0. The molecule has 1 heterocycles. The predicted molar refractivity (Wildman–Crippen MR) is 43.0 cm³/mol. The van der Waals surface area contributed by atoms with Crippen LogP contribution >= 0.6 is 0 Å². The smallest absolute Gasteiger partial charge is 0.350 e.